The minimum atomic E-state index is -2.17. The molecule has 33 heteroatoms. The fourth-order valence-corrected chi connectivity index (χ4v) is 10.9. The molecule has 2 aliphatic rings. The van der Waals surface area contributed by atoms with Crippen molar-refractivity contribution in [2.24, 2.45) is 35.3 Å². The van der Waals surface area contributed by atoms with Crippen LogP contribution in [-0.2, 0) is 62.3 Å². The number of primary amides is 1. The molecule has 0 aromatic heterocycles. The Kier molecular flexibility index (Phi) is 34.6. The van der Waals surface area contributed by atoms with E-state index in [1.54, 1.807) is 34.6 Å². The number of nitrogens with one attached hydrogen (secondary N) is 10. The Hall–Kier alpha value is -7.17. The molecule has 2 rings (SSSR count). The summed E-state index contributed by atoms with van der Waals surface area (Å²) in [5, 5.41) is 102. The molecule has 0 aliphatic carbocycles. The number of fused-ring (bicyclic) bond motifs is 1. The SMILES string of the molecule is CCCC[C@@H]1CC(=O)N[C@@H](C(C)C)C(=O)N[C@H]([C@@H](O)C(C)C)C(=O)N[C@@H](C)C(=O)N[C@H]([C@H](O)C(C)C)C(=O)N[C@H](CCC(N)=O)C(=O)N(C)[C@@H]([C@@H](C)CC)C(=O)N[C@H]([C@@H](O)CO)C(=O)N[C@@H]([C@@H](C)O)C(=O)N2C[C@H](O)C[C@H]2C(=O)N[C@H](CC(C)C)C(=O)N[C@@H]([C@@H](C)O)C(=O)N1. The van der Waals surface area contributed by atoms with Crippen molar-refractivity contribution in [1.29, 1.82) is 0 Å². The van der Waals surface area contributed by atoms with Gasteiger partial charge in [0.15, 0.2) is 0 Å². The van der Waals surface area contributed by atoms with Crippen molar-refractivity contribution < 1.29 is 98.1 Å². The highest BCUT2D eigenvalue weighted by Gasteiger charge is 2.47. The summed E-state index contributed by atoms with van der Waals surface area (Å²) in [7, 11) is 1.13. The lowest BCUT2D eigenvalue weighted by Gasteiger charge is -2.36. The van der Waals surface area contributed by atoms with Crippen LogP contribution in [0, 0.1) is 29.6 Å². The molecule has 2 saturated heterocycles. The number of nitrogens with two attached hydrogens (primary N) is 1. The maximum atomic E-state index is 14.7. The third-order valence-corrected chi connectivity index (χ3v) is 16.9. The zero-order chi connectivity index (χ0) is 72.8. The number of carbonyl (C=O) groups is 13. The first kappa shape index (κ1) is 83.9. The Morgan fingerprint density at radius 2 is 1.04 bits per heavy atom. The number of carbonyl (C=O) groups excluding carboxylic acids is 13. The van der Waals surface area contributed by atoms with Gasteiger partial charge in [0.25, 0.3) is 0 Å². The summed E-state index contributed by atoms with van der Waals surface area (Å²) < 4.78 is 0. The number of hydrogen-bond donors (Lipinski definition) is 18. The van der Waals surface area contributed by atoms with Crippen LogP contribution in [0.25, 0.3) is 0 Å². The Labute approximate surface area is 555 Å². The van der Waals surface area contributed by atoms with Crippen molar-refractivity contribution in [3.05, 3.63) is 0 Å². The highest BCUT2D eigenvalue weighted by Crippen LogP contribution is 2.23. The summed E-state index contributed by atoms with van der Waals surface area (Å²) >= 11 is 0. The molecule has 0 bridgehead atoms. The molecule has 13 amide bonds. The Morgan fingerprint density at radius 1 is 0.558 bits per heavy atom. The highest BCUT2D eigenvalue weighted by atomic mass is 16.3. The quantitative estimate of drug-likeness (QED) is 0.0573. The van der Waals surface area contributed by atoms with E-state index >= 15 is 0 Å². The number of likely N-dealkylation sites (N-methyl/N-ethyl adjacent to an activating group) is 1. The lowest BCUT2D eigenvalue weighted by molar-refractivity contribution is -0.147. The monoisotopic (exact) mass is 1360 g/mol. The molecule has 0 unspecified atom stereocenters. The fourth-order valence-electron chi connectivity index (χ4n) is 10.9. The van der Waals surface area contributed by atoms with Crippen LogP contribution in [0.15, 0.2) is 0 Å². The van der Waals surface area contributed by atoms with Crippen LogP contribution in [0.5, 0.6) is 0 Å². The van der Waals surface area contributed by atoms with E-state index in [2.05, 4.69) is 53.2 Å². The topological polar surface area (TPSA) is 516 Å². The second-order valence-corrected chi connectivity index (χ2v) is 26.6. The first-order chi connectivity index (χ1) is 44.1. The Morgan fingerprint density at radius 3 is 1.54 bits per heavy atom. The van der Waals surface area contributed by atoms with Crippen LogP contribution in [0.2, 0.25) is 0 Å². The van der Waals surface area contributed by atoms with Gasteiger partial charge < -0.3 is 104 Å². The highest BCUT2D eigenvalue weighted by molar-refractivity contribution is 6.00. The fraction of sp³-hybridized carbons (Fsp3) is 0.790. The van der Waals surface area contributed by atoms with E-state index in [0.717, 1.165) is 23.8 Å². The lowest BCUT2D eigenvalue weighted by Crippen LogP contribution is -2.65. The smallest absolute Gasteiger partial charge is 0.248 e. The second kappa shape index (κ2) is 39.1. The van der Waals surface area contributed by atoms with Gasteiger partial charge in [0.2, 0.25) is 76.8 Å². The third-order valence-electron chi connectivity index (χ3n) is 16.9. The molecule has 0 aromatic rings. The Bertz CT molecular complexity index is 2650. The average molecular weight is 1360 g/mol. The number of unbranched alkanes of at least 4 members (excludes halogenated alkanes) is 1. The predicted octanol–water partition coefficient (Wildman–Crippen LogP) is -5.60. The third kappa shape index (κ3) is 25.1. The van der Waals surface area contributed by atoms with Gasteiger partial charge in [-0.05, 0) is 69.6 Å². The maximum Gasteiger partial charge on any atom is 0.248 e. The van der Waals surface area contributed by atoms with Crippen LogP contribution in [0.3, 0.4) is 0 Å². The number of hydrogen-bond acceptors (Lipinski definition) is 20. The summed E-state index contributed by atoms with van der Waals surface area (Å²) in [6, 6.07) is -20.1. The van der Waals surface area contributed by atoms with Gasteiger partial charge >= 0.3 is 0 Å². The van der Waals surface area contributed by atoms with Gasteiger partial charge in [0.1, 0.15) is 72.6 Å². The van der Waals surface area contributed by atoms with E-state index in [0.29, 0.717) is 12.8 Å². The molecule has 19 atom stereocenters. The van der Waals surface area contributed by atoms with Crippen molar-refractivity contribution in [2.75, 3.05) is 20.2 Å². The van der Waals surface area contributed by atoms with Crippen molar-refractivity contribution in [3.63, 3.8) is 0 Å². The molecule has 95 heavy (non-hydrogen) atoms. The number of aliphatic hydroxyl groups is 7. The minimum Gasteiger partial charge on any atom is -0.394 e. The zero-order valence-corrected chi connectivity index (χ0v) is 57.5. The zero-order valence-electron chi connectivity index (χ0n) is 57.5. The number of nitrogens with zero attached hydrogens (tertiary/aromatic N) is 2. The molecule has 0 spiro atoms. The molecular formula is C62H109N13O20. The van der Waals surface area contributed by atoms with Crippen LogP contribution in [0.4, 0.5) is 0 Å². The van der Waals surface area contributed by atoms with Crippen molar-refractivity contribution in [1.82, 2.24) is 63.0 Å². The largest absolute Gasteiger partial charge is 0.394 e. The van der Waals surface area contributed by atoms with Crippen LogP contribution >= 0.6 is 0 Å². The molecule has 2 fully saturated rings. The van der Waals surface area contributed by atoms with Crippen LogP contribution < -0.4 is 58.9 Å². The normalized spacial score (nSPS) is 29.3. The summed E-state index contributed by atoms with van der Waals surface area (Å²) in [6.45, 7) is 19.2. The molecule has 2 heterocycles. The molecule has 0 saturated carbocycles. The second-order valence-electron chi connectivity index (χ2n) is 26.6. The van der Waals surface area contributed by atoms with Gasteiger partial charge in [0.05, 0.1) is 37.1 Å². The predicted molar refractivity (Wildman–Crippen MR) is 342 cm³/mol. The average Bonchev–Trinajstić information content (AvgIpc) is 1.79. The minimum absolute atomic E-state index is 0.0955. The van der Waals surface area contributed by atoms with Gasteiger partial charge in [-0.2, -0.15) is 0 Å². The molecule has 0 radical (unpaired) electrons. The summed E-state index contributed by atoms with van der Waals surface area (Å²) in [5.41, 5.74) is 5.49. The maximum absolute atomic E-state index is 14.7. The van der Waals surface area contributed by atoms with E-state index in [1.165, 1.54) is 48.5 Å². The molecule has 542 valence electrons. The van der Waals surface area contributed by atoms with E-state index < -0.39 is 248 Å². The summed E-state index contributed by atoms with van der Waals surface area (Å²) in [5.74, 6) is -17.3. The van der Waals surface area contributed by atoms with Crippen molar-refractivity contribution >= 4 is 76.8 Å². The lowest BCUT2D eigenvalue weighted by atomic mass is 9.94. The number of rotatable bonds is 19. The van der Waals surface area contributed by atoms with Gasteiger partial charge in [0, 0.05) is 38.9 Å². The van der Waals surface area contributed by atoms with Crippen LogP contribution in [0.1, 0.15) is 155 Å². The van der Waals surface area contributed by atoms with E-state index in [-0.39, 0.29) is 25.2 Å². The molecule has 19 N–H and O–H groups in total. The molecular weight excluding hydrogens is 1250 g/mol. The summed E-state index contributed by atoms with van der Waals surface area (Å²) in [6.07, 6.45) is -11.1. The van der Waals surface area contributed by atoms with Crippen molar-refractivity contribution in [3.8, 4) is 0 Å². The molecule has 33 nitrogen and oxygen atoms in total. The summed E-state index contributed by atoms with van der Waals surface area (Å²) in [4.78, 5) is 186. The molecule has 0 aromatic carbocycles. The van der Waals surface area contributed by atoms with E-state index in [1.807, 2.05) is 6.92 Å². The van der Waals surface area contributed by atoms with Gasteiger partial charge in [-0.25, -0.2) is 0 Å². The van der Waals surface area contributed by atoms with Gasteiger partial charge in [-0.3, -0.25) is 62.3 Å². The molecule has 2 aliphatic heterocycles. The van der Waals surface area contributed by atoms with Gasteiger partial charge in [-0.15, -0.1) is 0 Å². The van der Waals surface area contributed by atoms with E-state index in [4.69, 9.17) is 5.73 Å². The first-order valence-corrected chi connectivity index (χ1v) is 32.7. The van der Waals surface area contributed by atoms with Crippen LogP contribution in [-0.4, -0.2) is 252 Å². The van der Waals surface area contributed by atoms with Gasteiger partial charge in [-0.1, -0.05) is 95.4 Å². The number of aliphatic hydroxyl groups excluding tert-OH is 7. The Balaban J connectivity index is 2.96. The van der Waals surface area contributed by atoms with E-state index in [9.17, 15) is 98.1 Å². The number of amides is 13. The van der Waals surface area contributed by atoms with Crippen molar-refractivity contribution in [2.45, 2.75) is 264 Å². The first-order valence-electron chi connectivity index (χ1n) is 32.7. The standard InChI is InChI=1S/C62H109N13O20/c1-16-18-19-35-23-42(82)68-43(28(5)6)55(88)73-47(50(83)29(7)8)58(91)64-32(12)52(85)72-48(51(84)30(9)10)59(92)66-37(20-21-41(63)81)61(94)74(15)49(31(11)17-2)60(93)71-46(40(80)26-76)57(90)70-45(34(14)78)62(95)75-25-36(79)24-39(75)54(87)67-38(22-27(3)4)53(86)69-44(33(13)77)56(89)65-35/h27-40,43-51,76-80,83-84H,16-26H2,1-15H3,(H2,63,81)(H,64,91)(H,65,89)(H,66,92)(H,67,87)(H,68,82)(H,69,86)(H,70,90)(H,71,93)(H,72,85)(H,73,88)/t31-,32-,33+,34+,35+,36+,37+,38+,39-,40-,43-,44-,45-,46+,47+,48+,49-,50-,51+/m0/s1.